The number of tetrazole rings is 1. The maximum absolute atomic E-state index is 12.9. The number of amides is 1. The largest absolute Gasteiger partial charge is 0.376 e. The quantitative estimate of drug-likeness (QED) is 0.695. The molecule has 7 heteroatoms. The normalized spacial score (nSPS) is 19.8. The average Bonchev–Trinajstić information content (AvgIpc) is 3.15. The molecule has 3 heterocycles. The van der Waals surface area contributed by atoms with Gasteiger partial charge in [0, 0.05) is 36.6 Å². The number of nitrogens with zero attached hydrogens (tertiary/aromatic N) is 5. The third-order valence-electron chi connectivity index (χ3n) is 5.55. The predicted molar refractivity (Wildman–Crippen MR) is 100 cm³/mol. The molecule has 2 aliphatic rings. The summed E-state index contributed by atoms with van der Waals surface area (Å²) in [6.07, 6.45) is 4.23. The van der Waals surface area contributed by atoms with E-state index in [1.165, 1.54) is 5.56 Å². The van der Waals surface area contributed by atoms with E-state index in [2.05, 4.69) is 40.6 Å². The third kappa shape index (κ3) is 3.16. The second-order valence-corrected chi connectivity index (χ2v) is 7.77. The maximum atomic E-state index is 12.9. The molecule has 0 bridgehead atoms. The molecule has 1 aliphatic heterocycles. The summed E-state index contributed by atoms with van der Waals surface area (Å²) in [5.41, 5.74) is 3.85. The van der Waals surface area contributed by atoms with Gasteiger partial charge >= 0.3 is 0 Å². The summed E-state index contributed by atoms with van der Waals surface area (Å²) in [6.45, 7) is 4.03. The number of ether oxygens (including phenoxy) is 1. The van der Waals surface area contributed by atoms with Crippen LogP contribution in [0.15, 0.2) is 24.3 Å². The van der Waals surface area contributed by atoms with Gasteiger partial charge < -0.3 is 9.64 Å². The summed E-state index contributed by atoms with van der Waals surface area (Å²) >= 11 is 0. The predicted octanol–water partition coefficient (Wildman–Crippen LogP) is 2.50. The molecule has 3 aromatic rings. The highest BCUT2D eigenvalue weighted by molar-refractivity contribution is 5.84. The number of aromatic nitrogens is 4. The van der Waals surface area contributed by atoms with Crippen LogP contribution in [-0.2, 0) is 16.1 Å². The Labute approximate surface area is 157 Å². The highest BCUT2D eigenvalue weighted by Crippen LogP contribution is 2.32. The molecule has 0 radical (unpaired) electrons. The van der Waals surface area contributed by atoms with Gasteiger partial charge in [0.15, 0.2) is 5.65 Å². The lowest BCUT2D eigenvalue weighted by atomic mass is 10.1. The number of aryl methyl sites for hydroxylation is 1. The number of carbonyl (C=O) groups is 1. The fourth-order valence-corrected chi connectivity index (χ4v) is 3.96. The van der Waals surface area contributed by atoms with E-state index in [0.29, 0.717) is 18.7 Å². The van der Waals surface area contributed by atoms with E-state index in [4.69, 9.17) is 4.74 Å². The minimum atomic E-state index is 0.141. The Bertz CT molecular complexity index is 1000. The Morgan fingerprint density at radius 2 is 2.19 bits per heavy atom. The van der Waals surface area contributed by atoms with Crippen molar-refractivity contribution in [3.05, 3.63) is 35.4 Å². The van der Waals surface area contributed by atoms with Crippen LogP contribution in [0.3, 0.4) is 0 Å². The molecule has 27 heavy (non-hydrogen) atoms. The van der Waals surface area contributed by atoms with Crippen LogP contribution in [0, 0.1) is 12.8 Å². The molecule has 2 fully saturated rings. The number of pyridine rings is 1. The Balaban J connectivity index is 1.53. The summed E-state index contributed by atoms with van der Waals surface area (Å²) in [5.74, 6) is 0.418. The Kier molecular flexibility index (Phi) is 4.04. The van der Waals surface area contributed by atoms with E-state index >= 15 is 0 Å². The summed E-state index contributed by atoms with van der Waals surface area (Å²) in [7, 11) is 0. The van der Waals surface area contributed by atoms with Crippen LogP contribution < -0.4 is 0 Å². The lowest BCUT2D eigenvalue weighted by Crippen LogP contribution is -2.38. The first-order valence-corrected chi connectivity index (χ1v) is 9.70. The molecule has 1 aliphatic carbocycles. The van der Waals surface area contributed by atoms with Gasteiger partial charge in [0.05, 0.1) is 11.6 Å². The minimum Gasteiger partial charge on any atom is -0.376 e. The molecule has 0 unspecified atom stereocenters. The van der Waals surface area contributed by atoms with Crippen molar-refractivity contribution in [2.45, 2.75) is 45.3 Å². The Morgan fingerprint density at radius 1 is 1.30 bits per heavy atom. The molecular weight excluding hydrogens is 342 g/mol. The number of benzene rings is 1. The molecule has 2 aromatic heterocycles. The van der Waals surface area contributed by atoms with Crippen molar-refractivity contribution in [2.24, 2.45) is 5.92 Å². The zero-order valence-corrected chi connectivity index (χ0v) is 15.5. The number of carbonyl (C=O) groups excluding carboxylic acids is 1. The van der Waals surface area contributed by atoms with E-state index in [0.717, 1.165) is 48.8 Å². The lowest BCUT2D eigenvalue weighted by molar-refractivity contribution is -0.134. The lowest BCUT2D eigenvalue weighted by Gasteiger charge is -2.26. The fraction of sp³-hybridized carbons (Fsp3) is 0.500. The number of hydrogen-bond donors (Lipinski definition) is 0. The highest BCUT2D eigenvalue weighted by Gasteiger charge is 2.35. The third-order valence-corrected chi connectivity index (χ3v) is 5.55. The molecule has 1 saturated heterocycles. The molecule has 1 aromatic carbocycles. The summed E-state index contributed by atoms with van der Waals surface area (Å²) in [6, 6.07) is 8.35. The summed E-state index contributed by atoms with van der Waals surface area (Å²) < 4.78 is 7.56. The van der Waals surface area contributed by atoms with Crippen LogP contribution in [0.4, 0.5) is 0 Å². The van der Waals surface area contributed by atoms with E-state index < -0.39 is 0 Å². The second-order valence-electron chi connectivity index (χ2n) is 7.77. The first-order valence-electron chi connectivity index (χ1n) is 9.70. The van der Waals surface area contributed by atoms with Crippen molar-refractivity contribution in [2.75, 3.05) is 13.2 Å². The average molecular weight is 365 g/mol. The second kappa shape index (κ2) is 6.56. The van der Waals surface area contributed by atoms with Gasteiger partial charge in [-0.05, 0) is 61.2 Å². The van der Waals surface area contributed by atoms with Crippen LogP contribution in [0.25, 0.3) is 16.6 Å². The molecule has 0 N–H and O–H groups in total. The standard InChI is InChI=1S/C20H23N5O2/c1-13-4-7-18-15(9-13)10-16(19-21-22-23-25(18)19)11-24(20(26)14-5-6-14)12-17-3-2-8-27-17/h4,7,9-10,14,17H,2-3,5-6,8,11-12H2,1H3/t17-/m1/s1. The van der Waals surface area contributed by atoms with E-state index in [9.17, 15) is 4.79 Å². The van der Waals surface area contributed by atoms with E-state index in [1.807, 2.05) is 11.0 Å². The number of hydrogen-bond acceptors (Lipinski definition) is 5. The maximum Gasteiger partial charge on any atom is 0.226 e. The van der Waals surface area contributed by atoms with Crippen molar-refractivity contribution in [3.8, 4) is 0 Å². The number of fused-ring (bicyclic) bond motifs is 3. The molecule has 140 valence electrons. The van der Waals surface area contributed by atoms with E-state index in [-0.39, 0.29) is 17.9 Å². The zero-order valence-electron chi connectivity index (χ0n) is 15.5. The van der Waals surface area contributed by atoms with Crippen molar-refractivity contribution in [1.29, 1.82) is 0 Å². The first-order chi connectivity index (χ1) is 13.2. The Morgan fingerprint density at radius 3 is 2.96 bits per heavy atom. The highest BCUT2D eigenvalue weighted by atomic mass is 16.5. The van der Waals surface area contributed by atoms with Crippen molar-refractivity contribution in [1.82, 2.24) is 24.9 Å². The van der Waals surface area contributed by atoms with Gasteiger partial charge in [0.1, 0.15) is 0 Å². The molecule has 5 rings (SSSR count). The Hall–Kier alpha value is -2.54. The molecule has 7 nitrogen and oxygen atoms in total. The van der Waals surface area contributed by atoms with Gasteiger partial charge in [0.2, 0.25) is 5.91 Å². The SMILES string of the molecule is Cc1ccc2c(c1)cc(CN(C[C@H]1CCCO1)C(=O)C1CC1)c1nnnn12. The topological polar surface area (TPSA) is 72.6 Å². The molecular formula is C20H23N5O2. The number of rotatable bonds is 5. The summed E-state index contributed by atoms with van der Waals surface area (Å²) in [5, 5.41) is 13.4. The van der Waals surface area contributed by atoms with E-state index in [1.54, 1.807) is 4.52 Å². The van der Waals surface area contributed by atoms with Gasteiger partial charge in [0.25, 0.3) is 0 Å². The van der Waals surface area contributed by atoms with Gasteiger partial charge in [-0.1, -0.05) is 11.6 Å². The minimum absolute atomic E-state index is 0.141. The monoisotopic (exact) mass is 365 g/mol. The molecule has 0 spiro atoms. The van der Waals surface area contributed by atoms with Crippen molar-refractivity contribution >= 4 is 22.5 Å². The molecule has 1 amide bonds. The van der Waals surface area contributed by atoms with Crippen LogP contribution in [0.5, 0.6) is 0 Å². The van der Waals surface area contributed by atoms with Gasteiger partial charge in [-0.25, -0.2) is 0 Å². The van der Waals surface area contributed by atoms with Crippen molar-refractivity contribution in [3.63, 3.8) is 0 Å². The van der Waals surface area contributed by atoms with Gasteiger partial charge in [-0.3, -0.25) is 4.79 Å². The molecule has 1 atom stereocenters. The smallest absolute Gasteiger partial charge is 0.226 e. The van der Waals surface area contributed by atoms with Crippen LogP contribution in [0.2, 0.25) is 0 Å². The van der Waals surface area contributed by atoms with Crippen molar-refractivity contribution < 1.29 is 9.53 Å². The van der Waals surface area contributed by atoms with Crippen LogP contribution >= 0.6 is 0 Å². The summed E-state index contributed by atoms with van der Waals surface area (Å²) in [4.78, 5) is 14.9. The van der Waals surface area contributed by atoms with Gasteiger partial charge in [-0.2, -0.15) is 4.52 Å². The van der Waals surface area contributed by atoms with Crippen LogP contribution in [-0.4, -0.2) is 50.1 Å². The van der Waals surface area contributed by atoms with Gasteiger partial charge in [-0.15, -0.1) is 5.10 Å². The fourth-order valence-electron chi connectivity index (χ4n) is 3.96. The zero-order chi connectivity index (χ0) is 18.4. The first kappa shape index (κ1) is 16.6. The molecule has 1 saturated carbocycles. The van der Waals surface area contributed by atoms with Crippen LogP contribution in [0.1, 0.15) is 36.8 Å².